The standard InChI is InChI=1S/C14H21N3O2/c1-14(2,3)17-12(18)9-16-13(19)10-7-5-6-8-11(10)15-4/h5-8,15H,9H2,1-4H3,(H,16,19)(H,17,18). The number of para-hydroxylation sites is 1. The highest BCUT2D eigenvalue weighted by molar-refractivity contribution is 6.01. The average molecular weight is 263 g/mol. The van der Waals surface area contributed by atoms with Crippen molar-refractivity contribution in [3.63, 3.8) is 0 Å². The molecule has 3 N–H and O–H groups in total. The van der Waals surface area contributed by atoms with Gasteiger partial charge in [-0.15, -0.1) is 0 Å². The Morgan fingerprint density at radius 1 is 1.16 bits per heavy atom. The normalized spacial score (nSPS) is 10.7. The minimum absolute atomic E-state index is 0.0336. The monoisotopic (exact) mass is 263 g/mol. The Morgan fingerprint density at radius 2 is 1.79 bits per heavy atom. The molecule has 0 aromatic heterocycles. The van der Waals surface area contributed by atoms with E-state index < -0.39 is 0 Å². The van der Waals surface area contributed by atoms with Crippen LogP contribution >= 0.6 is 0 Å². The molecule has 0 aliphatic heterocycles. The number of anilines is 1. The summed E-state index contributed by atoms with van der Waals surface area (Å²) in [6.07, 6.45) is 0. The van der Waals surface area contributed by atoms with E-state index in [1.165, 1.54) is 0 Å². The van der Waals surface area contributed by atoms with Gasteiger partial charge >= 0.3 is 0 Å². The number of amides is 2. The van der Waals surface area contributed by atoms with E-state index in [2.05, 4.69) is 16.0 Å². The van der Waals surface area contributed by atoms with Crippen LogP contribution in [0.2, 0.25) is 0 Å². The Morgan fingerprint density at radius 3 is 2.37 bits per heavy atom. The van der Waals surface area contributed by atoms with Crippen LogP contribution in [0.1, 0.15) is 31.1 Å². The topological polar surface area (TPSA) is 70.2 Å². The molecule has 1 rings (SSSR count). The minimum atomic E-state index is -0.301. The second kappa shape index (κ2) is 6.22. The first-order chi connectivity index (χ1) is 8.83. The second-order valence-corrected chi connectivity index (χ2v) is 5.28. The third-order valence-electron chi connectivity index (χ3n) is 2.36. The van der Waals surface area contributed by atoms with Crippen molar-refractivity contribution in [1.82, 2.24) is 10.6 Å². The van der Waals surface area contributed by atoms with Crippen molar-refractivity contribution in [3.05, 3.63) is 29.8 Å². The Hall–Kier alpha value is -2.04. The molecule has 0 saturated heterocycles. The zero-order valence-corrected chi connectivity index (χ0v) is 11.8. The van der Waals surface area contributed by atoms with E-state index in [4.69, 9.17) is 0 Å². The van der Waals surface area contributed by atoms with E-state index in [0.717, 1.165) is 5.69 Å². The molecule has 0 heterocycles. The maximum Gasteiger partial charge on any atom is 0.253 e. The largest absolute Gasteiger partial charge is 0.387 e. The van der Waals surface area contributed by atoms with Gasteiger partial charge in [0, 0.05) is 18.3 Å². The van der Waals surface area contributed by atoms with Gasteiger partial charge in [-0.1, -0.05) is 12.1 Å². The highest BCUT2D eigenvalue weighted by Gasteiger charge is 2.15. The molecule has 0 aliphatic rings. The van der Waals surface area contributed by atoms with Gasteiger partial charge in [0.15, 0.2) is 0 Å². The van der Waals surface area contributed by atoms with Gasteiger partial charge in [0.05, 0.1) is 12.1 Å². The number of hydrogen-bond acceptors (Lipinski definition) is 3. The highest BCUT2D eigenvalue weighted by Crippen LogP contribution is 2.13. The van der Waals surface area contributed by atoms with E-state index in [1.807, 2.05) is 32.9 Å². The van der Waals surface area contributed by atoms with Crippen molar-refractivity contribution in [2.45, 2.75) is 26.3 Å². The van der Waals surface area contributed by atoms with Gasteiger partial charge in [0.1, 0.15) is 0 Å². The van der Waals surface area contributed by atoms with E-state index in [9.17, 15) is 9.59 Å². The molecule has 2 amide bonds. The van der Waals surface area contributed by atoms with E-state index in [0.29, 0.717) is 5.56 Å². The smallest absolute Gasteiger partial charge is 0.253 e. The predicted molar refractivity (Wildman–Crippen MR) is 76.2 cm³/mol. The fraction of sp³-hybridized carbons (Fsp3) is 0.429. The molecule has 19 heavy (non-hydrogen) atoms. The summed E-state index contributed by atoms with van der Waals surface area (Å²) in [6.45, 7) is 5.64. The lowest BCUT2D eigenvalue weighted by Gasteiger charge is -2.20. The summed E-state index contributed by atoms with van der Waals surface area (Å²) in [5.41, 5.74) is 0.954. The maximum absolute atomic E-state index is 12.0. The molecule has 1 aromatic rings. The Bertz CT molecular complexity index is 464. The van der Waals surface area contributed by atoms with E-state index in [1.54, 1.807) is 19.2 Å². The molecule has 0 aliphatic carbocycles. The van der Waals surface area contributed by atoms with Crippen molar-refractivity contribution in [2.24, 2.45) is 0 Å². The van der Waals surface area contributed by atoms with E-state index in [-0.39, 0.29) is 23.9 Å². The summed E-state index contributed by atoms with van der Waals surface area (Å²) in [5.74, 6) is -0.475. The van der Waals surface area contributed by atoms with Gasteiger partial charge in [-0.05, 0) is 32.9 Å². The molecule has 0 radical (unpaired) electrons. The highest BCUT2D eigenvalue weighted by atomic mass is 16.2. The van der Waals surface area contributed by atoms with Crippen LogP contribution in [0.15, 0.2) is 24.3 Å². The van der Waals surface area contributed by atoms with Crippen LogP contribution in [0.5, 0.6) is 0 Å². The molecular formula is C14H21N3O2. The van der Waals surface area contributed by atoms with Crippen molar-refractivity contribution in [1.29, 1.82) is 0 Å². The Balaban J connectivity index is 2.59. The molecule has 0 saturated carbocycles. The fourth-order valence-corrected chi connectivity index (χ4v) is 1.62. The maximum atomic E-state index is 12.0. The first-order valence-corrected chi connectivity index (χ1v) is 6.19. The summed E-state index contributed by atoms with van der Waals surface area (Å²) in [5, 5.41) is 8.33. The molecule has 0 fully saturated rings. The number of rotatable bonds is 4. The first-order valence-electron chi connectivity index (χ1n) is 6.19. The van der Waals surface area contributed by atoms with E-state index >= 15 is 0 Å². The number of carbonyl (C=O) groups is 2. The minimum Gasteiger partial charge on any atom is -0.387 e. The van der Waals surface area contributed by atoms with Gasteiger partial charge in [-0.25, -0.2) is 0 Å². The summed E-state index contributed by atoms with van der Waals surface area (Å²) >= 11 is 0. The van der Waals surface area contributed by atoms with Crippen molar-refractivity contribution in [2.75, 3.05) is 18.9 Å². The zero-order chi connectivity index (χ0) is 14.5. The molecule has 1 aromatic carbocycles. The van der Waals surface area contributed by atoms with Crippen molar-refractivity contribution >= 4 is 17.5 Å². The molecule has 0 atom stereocenters. The molecular weight excluding hydrogens is 242 g/mol. The van der Waals surface area contributed by atoms with Gasteiger partial charge in [0.25, 0.3) is 5.91 Å². The number of hydrogen-bond donors (Lipinski definition) is 3. The summed E-state index contributed by atoms with van der Waals surface area (Å²) < 4.78 is 0. The third kappa shape index (κ3) is 4.99. The zero-order valence-electron chi connectivity index (χ0n) is 11.8. The van der Waals surface area contributed by atoms with Crippen LogP contribution < -0.4 is 16.0 Å². The van der Waals surface area contributed by atoms with Gasteiger partial charge < -0.3 is 16.0 Å². The van der Waals surface area contributed by atoms with Gasteiger partial charge in [-0.3, -0.25) is 9.59 Å². The molecule has 0 spiro atoms. The SMILES string of the molecule is CNc1ccccc1C(=O)NCC(=O)NC(C)(C)C. The third-order valence-corrected chi connectivity index (χ3v) is 2.36. The van der Waals surface area contributed by atoms with Crippen LogP contribution in [0.25, 0.3) is 0 Å². The number of nitrogens with one attached hydrogen (secondary N) is 3. The van der Waals surface area contributed by atoms with Gasteiger partial charge in [-0.2, -0.15) is 0 Å². The molecule has 0 bridgehead atoms. The van der Waals surface area contributed by atoms with Crippen LogP contribution in [-0.2, 0) is 4.79 Å². The Labute approximate surface area is 113 Å². The lowest BCUT2D eigenvalue weighted by molar-refractivity contribution is -0.121. The van der Waals surface area contributed by atoms with Crippen LogP contribution in [0.4, 0.5) is 5.69 Å². The molecule has 0 unspecified atom stereocenters. The van der Waals surface area contributed by atoms with Crippen LogP contribution in [-0.4, -0.2) is 30.9 Å². The lowest BCUT2D eigenvalue weighted by atomic mass is 10.1. The fourth-order valence-electron chi connectivity index (χ4n) is 1.62. The van der Waals surface area contributed by atoms with Crippen LogP contribution in [0, 0.1) is 0 Å². The molecule has 104 valence electrons. The van der Waals surface area contributed by atoms with Gasteiger partial charge in [0.2, 0.25) is 5.91 Å². The molecule has 5 heteroatoms. The van der Waals surface area contributed by atoms with Crippen LogP contribution in [0.3, 0.4) is 0 Å². The number of carbonyl (C=O) groups excluding carboxylic acids is 2. The quantitative estimate of drug-likeness (QED) is 0.768. The average Bonchev–Trinajstić information content (AvgIpc) is 2.33. The lowest BCUT2D eigenvalue weighted by Crippen LogP contribution is -2.45. The Kier molecular flexibility index (Phi) is 4.92. The second-order valence-electron chi connectivity index (χ2n) is 5.28. The van der Waals surface area contributed by atoms with Crippen molar-refractivity contribution < 1.29 is 9.59 Å². The molecule has 5 nitrogen and oxygen atoms in total. The number of benzene rings is 1. The summed E-state index contributed by atoms with van der Waals surface area (Å²) in [7, 11) is 1.75. The predicted octanol–water partition coefficient (Wildman–Crippen LogP) is 1.37. The summed E-state index contributed by atoms with van der Waals surface area (Å²) in [4.78, 5) is 23.6. The van der Waals surface area contributed by atoms with Crippen molar-refractivity contribution in [3.8, 4) is 0 Å². The first kappa shape index (κ1) is 15.0. The summed E-state index contributed by atoms with van der Waals surface area (Å²) in [6, 6.07) is 7.15.